The van der Waals surface area contributed by atoms with Gasteiger partial charge in [-0.3, -0.25) is 4.79 Å². The number of methoxy groups -OCH3 is 1. The summed E-state index contributed by atoms with van der Waals surface area (Å²) in [5, 5.41) is 12.3. The van der Waals surface area contributed by atoms with E-state index in [9.17, 15) is 4.79 Å². The molecule has 4 nitrogen and oxygen atoms in total. The topological polar surface area (TPSA) is 62.1 Å². The summed E-state index contributed by atoms with van der Waals surface area (Å²) in [6.07, 6.45) is 1.28. The van der Waals surface area contributed by atoms with Crippen LogP contribution in [0.15, 0.2) is 18.2 Å². The number of carbonyl (C=O) groups excluding carboxylic acids is 1. The standard InChI is InChI=1S/C13H13ClN2O2/c1-18-11-3-2-10(14)6-9(11)7-16-12(17)13(8-15)4-5-13/h2-3,6H,4-5,7H2,1H3,(H,16,17). The van der Waals surface area contributed by atoms with Crippen LogP contribution in [0.3, 0.4) is 0 Å². The number of nitriles is 1. The Labute approximate surface area is 111 Å². The van der Waals surface area contributed by atoms with E-state index in [-0.39, 0.29) is 5.91 Å². The van der Waals surface area contributed by atoms with Gasteiger partial charge in [0.2, 0.25) is 5.91 Å². The van der Waals surface area contributed by atoms with Crippen LogP contribution in [0.5, 0.6) is 5.75 Å². The van der Waals surface area contributed by atoms with E-state index >= 15 is 0 Å². The smallest absolute Gasteiger partial charge is 0.240 e. The predicted octanol–water partition coefficient (Wildman–Crippen LogP) is 2.27. The van der Waals surface area contributed by atoms with Crippen LogP contribution in [0, 0.1) is 16.7 Å². The minimum atomic E-state index is -0.800. The number of amides is 1. The lowest BCUT2D eigenvalue weighted by atomic mass is 10.1. The van der Waals surface area contributed by atoms with Gasteiger partial charge in [-0.25, -0.2) is 0 Å². The molecule has 1 aliphatic rings. The molecule has 0 aromatic heterocycles. The Kier molecular flexibility index (Phi) is 3.44. The van der Waals surface area contributed by atoms with Crippen LogP contribution in [0.2, 0.25) is 5.02 Å². The number of rotatable bonds is 4. The van der Waals surface area contributed by atoms with Crippen LogP contribution < -0.4 is 10.1 Å². The number of hydrogen-bond donors (Lipinski definition) is 1. The van der Waals surface area contributed by atoms with Crippen LogP contribution >= 0.6 is 11.6 Å². The Morgan fingerprint density at radius 3 is 2.89 bits per heavy atom. The Hall–Kier alpha value is -1.73. The number of halogens is 1. The molecule has 0 atom stereocenters. The van der Waals surface area contributed by atoms with Crippen molar-refractivity contribution in [3.63, 3.8) is 0 Å². The fourth-order valence-corrected chi connectivity index (χ4v) is 1.94. The summed E-state index contributed by atoms with van der Waals surface area (Å²) in [5.41, 5.74) is -0.00156. The number of carbonyl (C=O) groups is 1. The largest absolute Gasteiger partial charge is 0.496 e. The Morgan fingerprint density at radius 1 is 1.61 bits per heavy atom. The zero-order valence-electron chi connectivity index (χ0n) is 10.00. The van der Waals surface area contributed by atoms with Gasteiger partial charge < -0.3 is 10.1 Å². The molecule has 18 heavy (non-hydrogen) atoms. The van der Waals surface area contributed by atoms with Gasteiger partial charge in [-0.05, 0) is 31.0 Å². The molecule has 1 fully saturated rings. The fraction of sp³-hybridized carbons (Fsp3) is 0.385. The second kappa shape index (κ2) is 4.87. The van der Waals surface area contributed by atoms with E-state index in [0.29, 0.717) is 30.2 Å². The monoisotopic (exact) mass is 264 g/mol. The van der Waals surface area contributed by atoms with Crippen molar-refractivity contribution in [1.82, 2.24) is 5.32 Å². The maximum absolute atomic E-state index is 11.8. The van der Waals surface area contributed by atoms with Crippen molar-refractivity contribution in [3.8, 4) is 11.8 Å². The van der Waals surface area contributed by atoms with E-state index in [2.05, 4.69) is 11.4 Å². The highest BCUT2D eigenvalue weighted by molar-refractivity contribution is 6.30. The second-order valence-electron chi connectivity index (χ2n) is 4.33. The van der Waals surface area contributed by atoms with Gasteiger partial charge in [0.25, 0.3) is 0 Å². The number of hydrogen-bond acceptors (Lipinski definition) is 3. The average molecular weight is 265 g/mol. The molecule has 1 aliphatic carbocycles. The Morgan fingerprint density at radius 2 is 2.33 bits per heavy atom. The van der Waals surface area contributed by atoms with Crippen molar-refractivity contribution in [2.45, 2.75) is 19.4 Å². The minimum Gasteiger partial charge on any atom is -0.496 e. The van der Waals surface area contributed by atoms with E-state index in [1.807, 2.05) is 0 Å². The van der Waals surface area contributed by atoms with E-state index < -0.39 is 5.41 Å². The molecule has 0 heterocycles. The van der Waals surface area contributed by atoms with Crippen LogP contribution in [-0.2, 0) is 11.3 Å². The highest BCUT2D eigenvalue weighted by Gasteiger charge is 2.50. The molecular weight excluding hydrogens is 252 g/mol. The van der Waals surface area contributed by atoms with Crippen molar-refractivity contribution in [1.29, 1.82) is 5.26 Å². The maximum atomic E-state index is 11.8. The molecule has 1 saturated carbocycles. The van der Waals surface area contributed by atoms with Gasteiger partial charge in [0.05, 0.1) is 13.2 Å². The van der Waals surface area contributed by atoms with Crippen LogP contribution in [-0.4, -0.2) is 13.0 Å². The summed E-state index contributed by atoms with van der Waals surface area (Å²) in [7, 11) is 1.56. The lowest BCUT2D eigenvalue weighted by Crippen LogP contribution is -2.30. The lowest BCUT2D eigenvalue weighted by molar-refractivity contribution is -0.124. The molecule has 0 spiro atoms. The van der Waals surface area contributed by atoms with Crippen molar-refractivity contribution in [2.75, 3.05) is 7.11 Å². The molecule has 2 rings (SSSR count). The first-order valence-electron chi connectivity index (χ1n) is 5.63. The van der Waals surface area contributed by atoms with Crippen LogP contribution in [0.25, 0.3) is 0 Å². The lowest BCUT2D eigenvalue weighted by Gasteiger charge is -2.11. The van der Waals surface area contributed by atoms with Crippen molar-refractivity contribution < 1.29 is 9.53 Å². The number of benzene rings is 1. The molecule has 1 aromatic rings. The normalized spacial score (nSPS) is 15.6. The quantitative estimate of drug-likeness (QED) is 0.907. The second-order valence-corrected chi connectivity index (χ2v) is 4.77. The molecule has 0 saturated heterocycles. The molecule has 94 valence electrons. The summed E-state index contributed by atoms with van der Waals surface area (Å²) in [6.45, 7) is 0.312. The SMILES string of the molecule is COc1ccc(Cl)cc1CNC(=O)C1(C#N)CC1. The first-order chi connectivity index (χ1) is 8.61. The van der Waals surface area contributed by atoms with Crippen molar-refractivity contribution in [2.24, 2.45) is 5.41 Å². The van der Waals surface area contributed by atoms with Gasteiger partial charge in [0, 0.05) is 17.1 Å². The van der Waals surface area contributed by atoms with Gasteiger partial charge in [0.1, 0.15) is 11.2 Å². The number of nitrogens with zero attached hydrogens (tertiary/aromatic N) is 1. The average Bonchev–Trinajstić information content (AvgIpc) is 3.17. The van der Waals surface area contributed by atoms with Gasteiger partial charge >= 0.3 is 0 Å². The minimum absolute atomic E-state index is 0.216. The molecule has 1 amide bonds. The molecule has 1 aromatic carbocycles. The third kappa shape index (κ3) is 2.41. The summed E-state index contributed by atoms with van der Waals surface area (Å²) in [6, 6.07) is 7.28. The van der Waals surface area contributed by atoms with E-state index in [1.54, 1.807) is 25.3 Å². The molecule has 0 bridgehead atoms. The third-order valence-corrected chi connectivity index (χ3v) is 3.32. The number of nitrogens with one attached hydrogen (secondary N) is 1. The molecule has 5 heteroatoms. The van der Waals surface area contributed by atoms with Gasteiger partial charge in [-0.2, -0.15) is 5.26 Å². The van der Waals surface area contributed by atoms with Crippen molar-refractivity contribution in [3.05, 3.63) is 28.8 Å². The van der Waals surface area contributed by atoms with E-state index in [0.717, 1.165) is 5.56 Å². The van der Waals surface area contributed by atoms with Gasteiger partial charge in [0.15, 0.2) is 0 Å². The maximum Gasteiger partial charge on any atom is 0.240 e. The fourth-order valence-electron chi connectivity index (χ4n) is 1.74. The summed E-state index contributed by atoms with van der Waals surface area (Å²) < 4.78 is 5.19. The molecule has 1 N–H and O–H groups in total. The molecule has 0 aliphatic heterocycles. The summed E-state index contributed by atoms with van der Waals surface area (Å²) >= 11 is 5.90. The summed E-state index contributed by atoms with van der Waals surface area (Å²) in [4.78, 5) is 11.8. The summed E-state index contributed by atoms with van der Waals surface area (Å²) in [5.74, 6) is 0.452. The molecule has 0 radical (unpaired) electrons. The van der Waals surface area contributed by atoms with Crippen molar-refractivity contribution >= 4 is 17.5 Å². The Balaban J connectivity index is 2.04. The first-order valence-corrected chi connectivity index (χ1v) is 6.01. The zero-order chi connectivity index (χ0) is 13.2. The molecule has 0 unspecified atom stereocenters. The predicted molar refractivity (Wildman–Crippen MR) is 67.1 cm³/mol. The first kappa shape index (κ1) is 12.7. The van der Waals surface area contributed by atoms with Crippen LogP contribution in [0.4, 0.5) is 0 Å². The Bertz CT molecular complexity index is 518. The van der Waals surface area contributed by atoms with Gasteiger partial charge in [-0.15, -0.1) is 0 Å². The highest BCUT2D eigenvalue weighted by atomic mass is 35.5. The molecular formula is C13H13ClN2O2. The highest BCUT2D eigenvalue weighted by Crippen LogP contribution is 2.45. The van der Waals surface area contributed by atoms with Crippen LogP contribution in [0.1, 0.15) is 18.4 Å². The van der Waals surface area contributed by atoms with Gasteiger partial charge in [-0.1, -0.05) is 11.6 Å². The number of ether oxygens (including phenoxy) is 1. The third-order valence-electron chi connectivity index (χ3n) is 3.08. The van der Waals surface area contributed by atoms with E-state index in [4.69, 9.17) is 21.6 Å². The van der Waals surface area contributed by atoms with E-state index in [1.165, 1.54) is 0 Å². The zero-order valence-corrected chi connectivity index (χ0v) is 10.8.